The molecule has 0 saturated heterocycles. The molecule has 3 rings (SSSR count). The molecular weight excluding hydrogens is 424 g/mol. The normalized spacial score (nSPS) is 12.1. The van der Waals surface area contributed by atoms with E-state index < -0.39 is 11.7 Å². The number of rotatable bonds is 4. The largest absolute Gasteiger partial charge is 0.417 e. The van der Waals surface area contributed by atoms with E-state index in [9.17, 15) is 18.4 Å². The predicted molar refractivity (Wildman–Crippen MR) is 105 cm³/mol. The first-order valence-corrected chi connectivity index (χ1v) is 9.08. The topological polar surface area (TPSA) is 54.5 Å². The number of aryl methyl sites for hydroxylation is 1. The first kappa shape index (κ1) is 20.9. The number of benzene rings is 1. The SMILES string of the molecule is Cc1nn(Cc2ccccc2Cl)c(Cl)c1/C=C(\C#N)c1ccc(C(F)(F)F)cn1. The van der Waals surface area contributed by atoms with Crippen molar-refractivity contribution >= 4 is 34.9 Å². The number of pyridine rings is 1. The van der Waals surface area contributed by atoms with E-state index in [0.29, 0.717) is 29.0 Å². The Balaban J connectivity index is 1.95. The molecule has 0 atom stereocenters. The summed E-state index contributed by atoms with van der Waals surface area (Å²) >= 11 is 12.6. The third-order valence-electron chi connectivity index (χ3n) is 4.16. The van der Waals surface area contributed by atoms with Gasteiger partial charge in [0, 0.05) is 16.8 Å². The van der Waals surface area contributed by atoms with Crippen LogP contribution in [0.2, 0.25) is 10.2 Å². The number of nitriles is 1. The number of hydrogen-bond acceptors (Lipinski definition) is 3. The molecule has 1 aromatic carbocycles. The summed E-state index contributed by atoms with van der Waals surface area (Å²) in [4.78, 5) is 3.76. The molecule has 0 amide bonds. The molecule has 0 N–H and O–H groups in total. The molecule has 0 fully saturated rings. The molecule has 148 valence electrons. The summed E-state index contributed by atoms with van der Waals surface area (Å²) in [6.45, 7) is 2.05. The Morgan fingerprint density at radius 2 is 1.93 bits per heavy atom. The van der Waals surface area contributed by atoms with Crippen molar-refractivity contribution in [2.24, 2.45) is 0 Å². The third kappa shape index (κ3) is 4.61. The van der Waals surface area contributed by atoms with E-state index in [4.69, 9.17) is 23.2 Å². The van der Waals surface area contributed by atoms with Crippen LogP contribution in [0.1, 0.15) is 28.1 Å². The van der Waals surface area contributed by atoms with E-state index in [-0.39, 0.29) is 16.4 Å². The Hall–Kier alpha value is -2.82. The van der Waals surface area contributed by atoms with Crippen molar-refractivity contribution in [3.05, 3.63) is 80.8 Å². The van der Waals surface area contributed by atoms with E-state index >= 15 is 0 Å². The van der Waals surface area contributed by atoms with E-state index in [0.717, 1.165) is 17.7 Å². The summed E-state index contributed by atoms with van der Waals surface area (Å²) in [5.74, 6) is 0. The molecule has 0 bridgehead atoms. The zero-order chi connectivity index (χ0) is 21.2. The fraction of sp³-hybridized carbons (Fsp3) is 0.150. The molecule has 0 spiro atoms. The number of hydrogen-bond donors (Lipinski definition) is 0. The van der Waals surface area contributed by atoms with Crippen molar-refractivity contribution in [1.82, 2.24) is 14.8 Å². The van der Waals surface area contributed by atoms with Crippen molar-refractivity contribution in [1.29, 1.82) is 5.26 Å². The minimum absolute atomic E-state index is 0.0704. The lowest BCUT2D eigenvalue weighted by molar-refractivity contribution is -0.137. The van der Waals surface area contributed by atoms with Gasteiger partial charge in [-0.25, -0.2) is 4.68 Å². The maximum Gasteiger partial charge on any atom is 0.417 e. The Morgan fingerprint density at radius 1 is 1.21 bits per heavy atom. The van der Waals surface area contributed by atoms with Gasteiger partial charge in [0.2, 0.25) is 0 Å². The second kappa shape index (κ2) is 8.27. The van der Waals surface area contributed by atoms with E-state index in [2.05, 4.69) is 10.1 Å². The van der Waals surface area contributed by atoms with Gasteiger partial charge in [-0.05, 0) is 36.8 Å². The Bertz CT molecular complexity index is 1110. The highest BCUT2D eigenvalue weighted by atomic mass is 35.5. The van der Waals surface area contributed by atoms with E-state index in [1.165, 1.54) is 6.08 Å². The summed E-state index contributed by atoms with van der Waals surface area (Å²) in [6.07, 6.45) is -2.35. The minimum atomic E-state index is -4.50. The molecule has 9 heteroatoms. The molecule has 29 heavy (non-hydrogen) atoms. The van der Waals surface area contributed by atoms with Crippen LogP contribution in [-0.4, -0.2) is 14.8 Å². The van der Waals surface area contributed by atoms with Crippen molar-refractivity contribution in [2.75, 3.05) is 0 Å². The molecule has 3 aromatic rings. The van der Waals surface area contributed by atoms with Gasteiger partial charge >= 0.3 is 6.18 Å². The Labute approximate surface area is 174 Å². The summed E-state index contributed by atoms with van der Waals surface area (Å²) in [7, 11) is 0. The number of halogens is 5. The number of nitrogens with zero attached hydrogens (tertiary/aromatic N) is 4. The summed E-state index contributed by atoms with van der Waals surface area (Å²) < 4.78 is 39.7. The van der Waals surface area contributed by atoms with Crippen molar-refractivity contribution in [3.63, 3.8) is 0 Å². The second-order valence-electron chi connectivity index (χ2n) is 6.14. The molecule has 2 aromatic heterocycles. The monoisotopic (exact) mass is 436 g/mol. The molecule has 4 nitrogen and oxygen atoms in total. The van der Waals surface area contributed by atoms with Gasteiger partial charge in [0.1, 0.15) is 11.2 Å². The summed E-state index contributed by atoms with van der Waals surface area (Å²) in [6, 6.07) is 11.2. The van der Waals surface area contributed by atoms with Crippen molar-refractivity contribution < 1.29 is 13.2 Å². The maximum absolute atomic E-state index is 12.7. The number of alkyl halides is 3. The molecule has 2 heterocycles. The first-order chi connectivity index (χ1) is 13.7. The highest BCUT2D eigenvalue weighted by Gasteiger charge is 2.30. The zero-order valence-electron chi connectivity index (χ0n) is 15.0. The second-order valence-corrected chi connectivity index (χ2v) is 6.90. The van der Waals surface area contributed by atoms with Crippen molar-refractivity contribution in [3.8, 4) is 6.07 Å². The van der Waals surface area contributed by atoms with Gasteiger partial charge in [0.25, 0.3) is 0 Å². The summed E-state index contributed by atoms with van der Waals surface area (Å²) in [5.41, 5.74) is 1.15. The third-order valence-corrected chi connectivity index (χ3v) is 4.93. The zero-order valence-corrected chi connectivity index (χ0v) is 16.5. The maximum atomic E-state index is 12.7. The Kier molecular flexibility index (Phi) is 5.96. The fourth-order valence-electron chi connectivity index (χ4n) is 2.65. The lowest BCUT2D eigenvalue weighted by atomic mass is 10.1. The smallest absolute Gasteiger partial charge is 0.255 e. The first-order valence-electron chi connectivity index (χ1n) is 8.32. The standard InChI is InChI=1S/C20H13Cl2F3N4/c1-12-16(19(22)29(28-12)11-13-4-2-3-5-17(13)21)8-14(9-26)18-7-6-15(10-27-18)20(23,24)25/h2-8,10H,11H2,1H3/b14-8+. The minimum Gasteiger partial charge on any atom is -0.255 e. The number of aromatic nitrogens is 3. The molecule has 0 aliphatic carbocycles. The molecule has 0 unspecified atom stereocenters. The summed E-state index contributed by atoms with van der Waals surface area (Å²) in [5, 5.41) is 14.7. The van der Waals surface area contributed by atoms with Crippen LogP contribution in [-0.2, 0) is 12.7 Å². The van der Waals surface area contributed by atoms with Gasteiger partial charge in [-0.2, -0.15) is 23.5 Å². The van der Waals surface area contributed by atoms with Crippen LogP contribution in [0.25, 0.3) is 11.6 Å². The fourth-order valence-corrected chi connectivity index (χ4v) is 3.14. The van der Waals surface area contributed by atoms with E-state index in [1.54, 1.807) is 17.7 Å². The lowest BCUT2D eigenvalue weighted by Gasteiger charge is -2.06. The molecule has 0 aliphatic rings. The molecule has 0 aliphatic heterocycles. The van der Waals surface area contributed by atoms with Crippen LogP contribution in [0, 0.1) is 18.3 Å². The van der Waals surface area contributed by atoms with Crippen LogP contribution < -0.4 is 0 Å². The molecular formula is C20H13Cl2F3N4. The molecule has 0 saturated carbocycles. The highest BCUT2D eigenvalue weighted by Crippen LogP contribution is 2.30. The average Bonchev–Trinajstić information content (AvgIpc) is 2.94. The number of allylic oxidation sites excluding steroid dienone is 1. The van der Waals surface area contributed by atoms with Crippen LogP contribution in [0.5, 0.6) is 0 Å². The van der Waals surface area contributed by atoms with Gasteiger partial charge in [0.15, 0.2) is 0 Å². The lowest BCUT2D eigenvalue weighted by Crippen LogP contribution is -2.05. The highest BCUT2D eigenvalue weighted by molar-refractivity contribution is 6.32. The van der Waals surface area contributed by atoms with Gasteiger partial charge in [-0.15, -0.1) is 0 Å². The predicted octanol–water partition coefficient (Wildman–Crippen LogP) is 6.02. The van der Waals surface area contributed by atoms with Crippen molar-refractivity contribution in [2.45, 2.75) is 19.6 Å². The van der Waals surface area contributed by atoms with Crippen LogP contribution >= 0.6 is 23.2 Å². The van der Waals surface area contributed by atoms with Crippen LogP contribution in [0.15, 0.2) is 42.6 Å². The van der Waals surface area contributed by atoms with Crippen LogP contribution in [0.4, 0.5) is 13.2 Å². The van der Waals surface area contributed by atoms with Gasteiger partial charge in [-0.3, -0.25) is 4.98 Å². The Morgan fingerprint density at radius 3 is 2.52 bits per heavy atom. The van der Waals surface area contributed by atoms with Crippen LogP contribution in [0.3, 0.4) is 0 Å². The van der Waals surface area contributed by atoms with Gasteiger partial charge < -0.3 is 0 Å². The quantitative estimate of drug-likeness (QED) is 0.469. The van der Waals surface area contributed by atoms with E-state index in [1.807, 2.05) is 24.3 Å². The van der Waals surface area contributed by atoms with Gasteiger partial charge in [-0.1, -0.05) is 41.4 Å². The van der Waals surface area contributed by atoms with Gasteiger partial charge in [0.05, 0.1) is 29.1 Å². The molecule has 0 radical (unpaired) electrons. The average molecular weight is 437 g/mol.